The predicted molar refractivity (Wildman–Crippen MR) is 144 cm³/mol. The van der Waals surface area contributed by atoms with Crippen LogP contribution in [-0.4, -0.2) is 46.7 Å². The molecule has 9 nitrogen and oxygen atoms in total. The maximum atomic E-state index is 13.1. The largest absolute Gasteiger partial charge is 0.478 e. The predicted octanol–water partition coefficient (Wildman–Crippen LogP) is 4.52. The van der Waals surface area contributed by atoms with Gasteiger partial charge in [0.2, 0.25) is 5.95 Å². The number of amides is 1. The van der Waals surface area contributed by atoms with E-state index in [4.69, 9.17) is 16.3 Å². The van der Waals surface area contributed by atoms with Crippen LogP contribution >= 0.6 is 11.6 Å². The van der Waals surface area contributed by atoms with Gasteiger partial charge in [0, 0.05) is 36.7 Å². The maximum Gasteiger partial charge on any atom is 0.293 e. The summed E-state index contributed by atoms with van der Waals surface area (Å²) in [6, 6.07) is 7.25. The maximum absolute atomic E-state index is 13.1. The molecule has 2 N–H and O–H groups in total. The summed E-state index contributed by atoms with van der Waals surface area (Å²) in [6.45, 7) is 10.1. The monoisotopic (exact) mass is 512 g/mol. The van der Waals surface area contributed by atoms with Crippen LogP contribution in [0.25, 0.3) is 10.9 Å². The van der Waals surface area contributed by atoms with Crippen molar-refractivity contribution in [3.8, 4) is 5.75 Å². The molecule has 0 bridgehead atoms. The van der Waals surface area contributed by atoms with Gasteiger partial charge >= 0.3 is 0 Å². The molecular formula is C26H33ClN6O3. The highest BCUT2D eigenvalue weighted by atomic mass is 35.5. The molecule has 3 aromatic rings. The topological polar surface area (TPSA) is 101 Å². The first kappa shape index (κ1) is 25.8. The number of likely N-dealkylation sites (N-methyl/N-ethyl adjacent to an activating group) is 1. The van der Waals surface area contributed by atoms with E-state index >= 15 is 0 Å². The van der Waals surface area contributed by atoms with E-state index in [1.807, 2.05) is 39.0 Å². The van der Waals surface area contributed by atoms with Crippen LogP contribution in [-0.2, 0) is 4.79 Å². The summed E-state index contributed by atoms with van der Waals surface area (Å²) in [5.41, 5.74) is 1.25. The minimum Gasteiger partial charge on any atom is -0.478 e. The molecule has 2 aromatic heterocycles. The van der Waals surface area contributed by atoms with Crippen LogP contribution in [0, 0.1) is 5.92 Å². The Balaban J connectivity index is 1.64. The van der Waals surface area contributed by atoms with Gasteiger partial charge in [-0.1, -0.05) is 18.5 Å². The highest BCUT2D eigenvalue weighted by Gasteiger charge is 2.19. The Labute approximate surface area is 215 Å². The van der Waals surface area contributed by atoms with Crippen LogP contribution in [0.15, 0.2) is 35.3 Å². The normalized spacial score (nSPS) is 14.3. The van der Waals surface area contributed by atoms with Gasteiger partial charge in [0.15, 0.2) is 18.2 Å². The lowest BCUT2D eigenvalue weighted by atomic mass is 10.00. The second kappa shape index (κ2) is 11.2. The van der Waals surface area contributed by atoms with Gasteiger partial charge in [-0.2, -0.15) is 4.98 Å². The average molecular weight is 513 g/mol. The fraction of sp³-hybridized carbons (Fsp3) is 0.462. The van der Waals surface area contributed by atoms with Gasteiger partial charge in [-0.3, -0.25) is 9.59 Å². The third kappa shape index (κ3) is 5.73. The molecule has 4 rings (SSSR count). The first-order chi connectivity index (χ1) is 17.3. The molecule has 1 aromatic carbocycles. The number of pyridine rings is 1. The molecule has 0 aliphatic carbocycles. The highest BCUT2D eigenvalue weighted by molar-refractivity contribution is 6.32. The molecule has 0 spiro atoms. The summed E-state index contributed by atoms with van der Waals surface area (Å²) < 4.78 is 7.27. The summed E-state index contributed by atoms with van der Waals surface area (Å²) in [5, 5.41) is 7.18. The second-order valence-electron chi connectivity index (χ2n) is 9.45. The lowest BCUT2D eigenvalue weighted by Crippen LogP contribution is -2.34. The van der Waals surface area contributed by atoms with E-state index in [2.05, 4.69) is 32.4 Å². The van der Waals surface area contributed by atoms with Crippen LogP contribution in [0.4, 0.5) is 17.5 Å². The van der Waals surface area contributed by atoms with E-state index in [9.17, 15) is 9.59 Å². The number of anilines is 3. The van der Waals surface area contributed by atoms with E-state index in [0.717, 1.165) is 42.5 Å². The quantitative estimate of drug-likeness (QED) is 0.457. The zero-order valence-electron chi connectivity index (χ0n) is 21.2. The molecular weight excluding hydrogens is 480 g/mol. The zero-order chi connectivity index (χ0) is 25.8. The number of hydrogen-bond donors (Lipinski definition) is 2. The number of aromatic nitrogens is 3. The number of ether oxygens (including phenoxy) is 1. The smallest absolute Gasteiger partial charge is 0.293 e. The van der Waals surface area contributed by atoms with Crippen LogP contribution in [0.5, 0.6) is 5.75 Å². The molecule has 10 heteroatoms. The van der Waals surface area contributed by atoms with Gasteiger partial charge in [0.05, 0.1) is 11.7 Å². The molecule has 1 aliphatic heterocycles. The lowest BCUT2D eigenvalue weighted by Gasteiger charge is -2.30. The third-order valence-electron chi connectivity index (χ3n) is 6.31. The Kier molecular flexibility index (Phi) is 7.98. The van der Waals surface area contributed by atoms with Gasteiger partial charge in [0.25, 0.3) is 11.5 Å². The minimum absolute atomic E-state index is 0.0991. The van der Waals surface area contributed by atoms with Gasteiger partial charge in [-0.15, -0.1) is 0 Å². The molecule has 1 fully saturated rings. The Hall–Kier alpha value is -3.33. The van der Waals surface area contributed by atoms with E-state index in [1.165, 1.54) is 0 Å². The number of piperidine rings is 1. The van der Waals surface area contributed by atoms with Crippen LogP contribution in [0.1, 0.15) is 46.6 Å². The summed E-state index contributed by atoms with van der Waals surface area (Å²) in [4.78, 5) is 36.3. The summed E-state index contributed by atoms with van der Waals surface area (Å²) >= 11 is 6.43. The molecule has 0 saturated carbocycles. The van der Waals surface area contributed by atoms with Gasteiger partial charge in [0.1, 0.15) is 5.02 Å². The minimum atomic E-state index is -0.277. The van der Waals surface area contributed by atoms with Crippen molar-refractivity contribution in [2.75, 3.05) is 36.5 Å². The summed E-state index contributed by atoms with van der Waals surface area (Å²) in [7, 11) is 0. The van der Waals surface area contributed by atoms with Crippen molar-refractivity contribution in [2.24, 2.45) is 5.92 Å². The van der Waals surface area contributed by atoms with Crippen molar-refractivity contribution in [1.29, 1.82) is 0 Å². The van der Waals surface area contributed by atoms with Crippen molar-refractivity contribution in [1.82, 2.24) is 19.9 Å². The Morgan fingerprint density at radius 1 is 1.25 bits per heavy atom. The number of hydrogen-bond acceptors (Lipinski definition) is 7. The van der Waals surface area contributed by atoms with Crippen molar-refractivity contribution < 1.29 is 9.53 Å². The Bertz CT molecular complexity index is 1300. The third-order valence-corrected chi connectivity index (χ3v) is 6.59. The Morgan fingerprint density at radius 3 is 2.69 bits per heavy atom. The van der Waals surface area contributed by atoms with Crippen LogP contribution in [0.2, 0.25) is 5.02 Å². The van der Waals surface area contributed by atoms with Gasteiger partial charge in [-0.25, -0.2) is 4.98 Å². The fourth-order valence-corrected chi connectivity index (χ4v) is 4.49. The van der Waals surface area contributed by atoms with Crippen LogP contribution in [0.3, 0.4) is 0 Å². The molecule has 192 valence electrons. The molecule has 36 heavy (non-hydrogen) atoms. The number of fused-ring (bicyclic) bond motifs is 1. The second-order valence-corrected chi connectivity index (χ2v) is 9.86. The number of benzene rings is 1. The molecule has 3 heterocycles. The highest BCUT2D eigenvalue weighted by Crippen LogP contribution is 2.29. The summed E-state index contributed by atoms with van der Waals surface area (Å²) in [6.07, 6.45) is 3.85. The van der Waals surface area contributed by atoms with Crippen molar-refractivity contribution >= 4 is 45.9 Å². The number of carbonyl (C=O) groups is 1. The first-order valence-corrected chi connectivity index (χ1v) is 12.8. The van der Waals surface area contributed by atoms with E-state index < -0.39 is 0 Å². The van der Waals surface area contributed by atoms with Gasteiger partial charge < -0.3 is 24.8 Å². The van der Waals surface area contributed by atoms with E-state index in [-0.39, 0.29) is 29.9 Å². The van der Waals surface area contributed by atoms with E-state index in [0.29, 0.717) is 29.3 Å². The number of nitrogens with one attached hydrogen (secondary N) is 2. The van der Waals surface area contributed by atoms with Gasteiger partial charge in [-0.05, 0) is 63.8 Å². The SMILES string of the molecule is CCNC(=O)COc1cc2cc(Nc3nc(N4CCC(C)CC4)ncc3Cl)ccc2n(C(C)C)c1=O. The number of nitrogens with zero attached hydrogens (tertiary/aromatic N) is 4. The number of rotatable bonds is 8. The molecule has 0 unspecified atom stereocenters. The first-order valence-electron chi connectivity index (χ1n) is 12.4. The van der Waals surface area contributed by atoms with Crippen molar-refractivity contribution in [2.45, 2.75) is 46.6 Å². The number of carbonyl (C=O) groups excluding carboxylic acids is 1. The van der Waals surface area contributed by atoms with Crippen molar-refractivity contribution in [3.63, 3.8) is 0 Å². The lowest BCUT2D eigenvalue weighted by molar-refractivity contribution is -0.123. The standard InChI is InChI=1S/C26H33ClN6O3/c1-5-28-23(34)15-36-22-13-18-12-19(6-7-21(18)33(16(2)3)25(22)35)30-24-20(27)14-29-26(31-24)32-10-8-17(4)9-11-32/h6-7,12-14,16-17H,5,8-11,15H2,1-4H3,(H,28,34)(H,29,30,31). The zero-order valence-corrected chi connectivity index (χ0v) is 21.9. The molecule has 1 saturated heterocycles. The molecule has 0 radical (unpaired) electrons. The molecule has 1 aliphatic rings. The van der Waals surface area contributed by atoms with E-state index in [1.54, 1.807) is 16.8 Å². The molecule has 1 amide bonds. The summed E-state index contributed by atoms with van der Waals surface area (Å²) in [5.74, 6) is 1.73. The Morgan fingerprint density at radius 2 is 2.00 bits per heavy atom. The van der Waals surface area contributed by atoms with Crippen LogP contribution < -0.4 is 25.8 Å². The fourth-order valence-electron chi connectivity index (χ4n) is 4.35. The number of halogens is 1. The van der Waals surface area contributed by atoms with Crippen molar-refractivity contribution in [3.05, 3.63) is 45.8 Å². The molecule has 0 atom stereocenters. The average Bonchev–Trinajstić information content (AvgIpc) is 2.84.